The molecule has 1 saturated heterocycles. The standard InChI is InChI=1S/C15H28N2O3/c1-3-13-11-17(9-10-20-13)8-6-12-5-4-7-15(12,16-2)14(18)19/h12-13,16H,3-11H2,1-2H3,(H,18,19). The van der Waals surface area contributed by atoms with Gasteiger partial charge in [0.1, 0.15) is 5.54 Å². The van der Waals surface area contributed by atoms with E-state index >= 15 is 0 Å². The van der Waals surface area contributed by atoms with Gasteiger partial charge in [-0.15, -0.1) is 0 Å². The molecule has 0 aromatic heterocycles. The van der Waals surface area contributed by atoms with E-state index in [9.17, 15) is 9.90 Å². The van der Waals surface area contributed by atoms with Crippen molar-refractivity contribution in [1.82, 2.24) is 10.2 Å². The lowest BCUT2D eigenvalue weighted by Crippen LogP contribution is -2.54. The van der Waals surface area contributed by atoms with E-state index in [0.29, 0.717) is 6.10 Å². The molecule has 5 nitrogen and oxygen atoms in total. The molecule has 3 atom stereocenters. The maximum Gasteiger partial charge on any atom is 0.324 e. The quantitative estimate of drug-likeness (QED) is 0.770. The van der Waals surface area contributed by atoms with Crippen molar-refractivity contribution < 1.29 is 14.6 Å². The average Bonchev–Trinajstić information content (AvgIpc) is 2.89. The zero-order valence-corrected chi connectivity index (χ0v) is 12.7. The zero-order valence-electron chi connectivity index (χ0n) is 12.7. The highest BCUT2D eigenvalue weighted by Gasteiger charge is 2.47. The van der Waals surface area contributed by atoms with Crippen molar-refractivity contribution >= 4 is 5.97 Å². The van der Waals surface area contributed by atoms with Gasteiger partial charge in [-0.3, -0.25) is 9.69 Å². The maximum atomic E-state index is 11.6. The Labute approximate surface area is 121 Å². The first-order valence-corrected chi connectivity index (χ1v) is 7.88. The van der Waals surface area contributed by atoms with Crippen LogP contribution in [0.1, 0.15) is 39.0 Å². The van der Waals surface area contributed by atoms with Crippen LogP contribution < -0.4 is 5.32 Å². The Hall–Kier alpha value is -0.650. The van der Waals surface area contributed by atoms with E-state index in [4.69, 9.17) is 4.74 Å². The van der Waals surface area contributed by atoms with Gasteiger partial charge in [0.05, 0.1) is 12.7 Å². The number of carbonyl (C=O) groups is 1. The molecule has 0 spiro atoms. The Bertz CT molecular complexity index is 337. The summed E-state index contributed by atoms with van der Waals surface area (Å²) in [6, 6.07) is 0. The van der Waals surface area contributed by atoms with Gasteiger partial charge in [0.25, 0.3) is 0 Å². The monoisotopic (exact) mass is 284 g/mol. The van der Waals surface area contributed by atoms with Gasteiger partial charge in [0, 0.05) is 13.1 Å². The van der Waals surface area contributed by atoms with Gasteiger partial charge in [-0.25, -0.2) is 0 Å². The van der Waals surface area contributed by atoms with Crippen molar-refractivity contribution in [3.05, 3.63) is 0 Å². The Morgan fingerprint density at radius 1 is 1.55 bits per heavy atom. The lowest BCUT2D eigenvalue weighted by molar-refractivity contribution is -0.146. The van der Waals surface area contributed by atoms with E-state index in [1.165, 1.54) is 0 Å². The van der Waals surface area contributed by atoms with Crippen LogP contribution in [0.3, 0.4) is 0 Å². The Morgan fingerprint density at radius 2 is 2.35 bits per heavy atom. The molecule has 20 heavy (non-hydrogen) atoms. The van der Waals surface area contributed by atoms with E-state index in [1.54, 1.807) is 7.05 Å². The third-order valence-electron chi connectivity index (χ3n) is 5.12. The lowest BCUT2D eigenvalue weighted by atomic mass is 9.84. The van der Waals surface area contributed by atoms with Crippen LogP contribution in [-0.2, 0) is 9.53 Å². The van der Waals surface area contributed by atoms with Crippen molar-refractivity contribution in [3.63, 3.8) is 0 Å². The number of aliphatic carboxylic acids is 1. The van der Waals surface area contributed by atoms with Crippen LogP contribution in [-0.4, -0.2) is 60.9 Å². The molecule has 0 aromatic rings. The first kappa shape index (κ1) is 15.7. The number of hydrogen-bond donors (Lipinski definition) is 2. The molecule has 1 aliphatic carbocycles. The molecule has 0 amide bonds. The predicted molar refractivity (Wildman–Crippen MR) is 77.9 cm³/mol. The second-order valence-corrected chi connectivity index (χ2v) is 6.11. The second kappa shape index (κ2) is 6.87. The number of morpholine rings is 1. The third kappa shape index (κ3) is 3.15. The summed E-state index contributed by atoms with van der Waals surface area (Å²) in [5, 5.41) is 12.6. The van der Waals surface area contributed by atoms with Crippen molar-refractivity contribution in [2.24, 2.45) is 5.92 Å². The summed E-state index contributed by atoms with van der Waals surface area (Å²) < 4.78 is 5.68. The minimum Gasteiger partial charge on any atom is -0.480 e. The molecule has 1 heterocycles. The fraction of sp³-hybridized carbons (Fsp3) is 0.933. The molecule has 5 heteroatoms. The van der Waals surface area contributed by atoms with Crippen molar-refractivity contribution in [2.75, 3.05) is 33.3 Å². The SMILES string of the molecule is CCC1CN(CCC2CCCC2(NC)C(=O)O)CCO1. The molecule has 0 radical (unpaired) electrons. The fourth-order valence-corrected chi connectivity index (χ4v) is 3.76. The largest absolute Gasteiger partial charge is 0.480 e. The maximum absolute atomic E-state index is 11.6. The van der Waals surface area contributed by atoms with Crippen LogP contribution in [0.2, 0.25) is 0 Å². The second-order valence-electron chi connectivity index (χ2n) is 6.11. The predicted octanol–water partition coefficient (Wildman–Crippen LogP) is 1.33. The molecule has 2 fully saturated rings. The molecule has 2 aliphatic rings. The molecule has 1 saturated carbocycles. The summed E-state index contributed by atoms with van der Waals surface area (Å²) >= 11 is 0. The van der Waals surface area contributed by atoms with Crippen molar-refractivity contribution in [3.8, 4) is 0 Å². The van der Waals surface area contributed by atoms with Gasteiger partial charge in [-0.05, 0) is 45.2 Å². The van der Waals surface area contributed by atoms with E-state index in [-0.39, 0.29) is 5.92 Å². The average molecular weight is 284 g/mol. The van der Waals surface area contributed by atoms with Gasteiger partial charge in [-0.2, -0.15) is 0 Å². The molecule has 116 valence electrons. The first-order chi connectivity index (χ1) is 9.62. The number of nitrogens with one attached hydrogen (secondary N) is 1. The summed E-state index contributed by atoms with van der Waals surface area (Å²) in [6.07, 6.45) is 5.15. The summed E-state index contributed by atoms with van der Waals surface area (Å²) in [6.45, 7) is 5.91. The Morgan fingerprint density at radius 3 is 3.00 bits per heavy atom. The van der Waals surface area contributed by atoms with Gasteiger partial charge < -0.3 is 15.2 Å². The highest BCUT2D eigenvalue weighted by Crippen LogP contribution is 2.38. The number of hydrogen-bond acceptors (Lipinski definition) is 4. The highest BCUT2D eigenvalue weighted by atomic mass is 16.5. The number of carboxylic acids is 1. The third-order valence-corrected chi connectivity index (χ3v) is 5.12. The van der Waals surface area contributed by atoms with Gasteiger partial charge in [0.2, 0.25) is 0 Å². The fourth-order valence-electron chi connectivity index (χ4n) is 3.76. The zero-order chi connectivity index (χ0) is 14.6. The minimum atomic E-state index is -0.698. The van der Waals surface area contributed by atoms with Crippen LogP contribution in [0.15, 0.2) is 0 Å². The number of ether oxygens (including phenoxy) is 1. The van der Waals surface area contributed by atoms with Gasteiger partial charge in [-0.1, -0.05) is 13.3 Å². The van der Waals surface area contributed by atoms with E-state index < -0.39 is 11.5 Å². The van der Waals surface area contributed by atoms with Crippen molar-refractivity contribution in [1.29, 1.82) is 0 Å². The number of carboxylic acid groups (broad SMARTS) is 1. The Kier molecular flexibility index (Phi) is 5.41. The summed E-state index contributed by atoms with van der Waals surface area (Å²) in [5.41, 5.74) is -0.698. The summed E-state index contributed by atoms with van der Waals surface area (Å²) in [5.74, 6) is -0.441. The lowest BCUT2D eigenvalue weighted by Gasteiger charge is -2.35. The summed E-state index contributed by atoms with van der Waals surface area (Å²) in [4.78, 5) is 14.0. The molecule has 2 rings (SSSR count). The van der Waals surface area contributed by atoms with Crippen LogP contribution >= 0.6 is 0 Å². The Balaban J connectivity index is 1.88. The van der Waals surface area contributed by atoms with Crippen molar-refractivity contribution in [2.45, 2.75) is 50.7 Å². The van der Waals surface area contributed by atoms with Crippen LogP contribution in [0.4, 0.5) is 0 Å². The molecular weight excluding hydrogens is 256 g/mol. The van der Waals surface area contributed by atoms with Gasteiger partial charge >= 0.3 is 5.97 Å². The molecule has 0 bridgehead atoms. The number of likely N-dealkylation sites (N-methyl/N-ethyl adjacent to an activating group) is 1. The van der Waals surface area contributed by atoms with Crippen LogP contribution in [0.25, 0.3) is 0 Å². The molecular formula is C15H28N2O3. The first-order valence-electron chi connectivity index (χ1n) is 7.88. The molecule has 2 N–H and O–H groups in total. The number of nitrogens with zero attached hydrogens (tertiary/aromatic N) is 1. The van der Waals surface area contributed by atoms with E-state index in [1.807, 2.05) is 0 Å². The normalized spacial score (nSPS) is 35.3. The van der Waals surface area contributed by atoms with E-state index in [2.05, 4.69) is 17.1 Å². The smallest absolute Gasteiger partial charge is 0.324 e. The highest BCUT2D eigenvalue weighted by molar-refractivity contribution is 5.79. The van der Waals surface area contributed by atoms with E-state index in [0.717, 1.165) is 58.3 Å². The molecule has 1 aliphatic heterocycles. The molecule has 0 aromatic carbocycles. The summed E-state index contributed by atoms with van der Waals surface area (Å²) in [7, 11) is 1.79. The van der Waals surface area contributed by atoms with Crippen LogP contribution in [0.5, 0.6) is 0 Å². The van der Waals surface area contributed by atoms with Crippen LogP contribution in [0, 0.1) is 5.92 Å². The molecule has 3 unspecified atom stereocenters. The topological polar surface area (TPSA) is 61.8 Å². The number of rotatable bonds is 6. The minimum absolute atomic E-state index is 0.243. The van der Waals surface area contributed by atoms with Gasteiger partial charge in [0.15, 0.2) is 0 Å².